The molecule has 2 saturated heterocycles. The zero-order valence-electron chi connectivity index (χ0n) is 34.0. The third-order valence-corrected chi connectivity index (χ3v) is 12.0. The van der Waals surface area contributed by atoms with Gasteiger partial charge in [-0.1, -0.05) is 6.07 Å². The van der Waals surface area contributed by atoms with Crippen LogP contribution in [-0.2, 0) is 32.0 Å². The van der Waals surface area contributed by atoms with E-state index in [2.05, 4.69) is 26.6 Å². The molecule has 6 N–H and O–H groups in total. The average Bonchev–Trinajstić information content (AvgIpc) is 3.97. The van der Waals surface area contributed by atoms with Crippen LogP contribution in [0.2, 0.25) is 0 Å². The summed E-state index contributed by atoms with van der Waals surface area (Å²) in [6, 6.07) is 11.1. The minimum absolute atomic E-state index is 0.0300. The molecule has 0 bridgehead atoms. The van der Waals surface area contributed by atoms with Gasteiger partial charge in [-0.15, -0.1) is 0 Å². The Morgan fingerprint density at radius 1 is 0.949 bits per heavy atom. The van der Waals surface area contributed by atoms with Crippen LogP contribution in [0.25, 0.3) is 11.3 Å². The Balaban J connectivity index is 0.844. The predicted octanol–water partition coefficient (Wildman–Crippen LogP) is 3.79. The number of nitrogens with one attached hydrogen (secondary N) is 5. The molecule has 59 heavy (non-hydrogen) atoms. The molecule has 1 aliphatic carbocycles. The summed E-state index contributed by atoms with van der Waals surface area (Å²) in [4.78, 5) is 24.5. The van der Waals surface area contributed by atoms with E-state index in [1.165, 1.54) is 12.1 Å². The number of anilines is 2. The first kappa shape index (κ1) is 44.2. The van der Waals surface area contributed by atoms with Crippen molar-refractivity contribution in [2.24, 2.45) is 0 Å². The quantitative estimate of drug-likeness (QED) is 0.0381. The van der Waals surface area contributed by atoms with Crippen molar-refractivity contribution in [3.8, 4) is 22.8 Å². The number of amides is 2. The second-order valence-electron chi connectivity index (χ2n) is 14.9. The number of aliphatic hydroxyl groups is 1. The fourth-order valence-electron chi connectivity index (χ4n) is 7.60. The molecule has 1 aromatic heterocycles. The van der Waals surface area contributed by atoms with Crippen LogP contribution in [0, 0.1) is 5.82 Å². The van der Waals surface area contributed by atoms with Crippen molar-refractivity contribution in [2.75, 3.05) is 70.4 Å². The number of nitrogens with zero attached hydrogens (tertiary/aromatic N) is 2. The van der Waals surface area contributed by atoms with Gasteiger partial charge in [0.2, 0.25) is 5.91 Å². The molecule has 1 radical (unpaired) electrons. The molecule has 2 aliphatic heterocycles. The number of aromatic nitrogens is 2. The number of carbonyl (C=O) groups excluding carboxylic acids is 2. The topological polar surface area (TPSA) is 169 Å². The van der Waals surface area contributed by atoms with Crippen LogP contribution >= 0.6 is 11.8 Å². The van der Waals surface area contributed by atoms with E-state index in [0.717, 1.165) is 53.8 Å². The molecule has 0 spiro atoms. The van der Waals surface area contributed by atoms with Gasteiger partial charge in [-0.2, -0.15) is 5.10 Å². The number of hydrogen-bond acceptors (Lipinski definition) is 12. The van der Waals surface area contributed by atoms with E-state index < -0.39 is 0 Å². The third-order valence-electron chi connectivity index (χ3n) is 10.5. The van der Waals surface area contributed by atoms with Gasteiger partial charge in [-0.3, -0.25) is 9.48 Å². The number of thioether (sulfide) groups is 1. The summed E-state index contributed by atoms with van der Waals surface area (Å²) in [5, 5.41) is 30.5. The summed E-state index contributed by atoms with van der Waals surface area (Å²) in [5.41, 5.74) is 5.22. The van der Waals surface area contributed by atoms with Crippen molar-refractivity contribution in [3.05, 3.63) is 53.3 Å². The van der Waals surface area contributed by atoms with Gasteiger partial charge in [0.05, 0.1) is 51.9 Å². The first-order valence-corrected chi connectivity index (χ1v) is 22.0. The Hall–Kier alpha value is -4.32. The van der Waals surface area contributed by atoms with E-state index >= 15 is 0 Å². The van der Waals surface area contributed by atoms with Crippen molar-refractivity contribution in [2.45, 2.75) is 88.6 Å². The number of ether oxygens (including phenoxy) is 4. The maximum atomic E-state index is 14.0. The summed E-state index contributed by atoms with van der Waals surface area (Å²) in [5.74, 6) is 2.64. The Morgan fingerprint density at radius 2 is 1.73 bits per heavy atom. The predicted molar refractivity (Wildman–Crippen MR) is 229 cm³/mol. The number of hydrogen-bond donors (Lipinski definition) is 6. The van der Waals surface area contributed by atoms with E-state index in [1.54, 1.807) is 12.1 Å². The second-order valence-corrected chi connectivity index (χ2v) is 16.1. The summed E-state index contributed by atoms with van der Waals surface area (Å²) in [7, 11) is 5.87. The number of carbonyl (C=O) groups is 2. The van der Waals surface area contributed by atoms with Crippen LogP contribution in [0.4, 0.5) is 15.9 Å². The van der Waals surface area contributed by atoms with Gasteiger partial charge in [0.1, 0.15) is 5.82 Å². The van der Waals surface area contributed by atoms with E-state index in [1.807, 2.05) is 35.5 Å². The first-order chi connectivity index (χ1) is 28.8. The molecule has 319 valence electrons. The zero-order chi connectivity index (χ0) is 41.4. The average molecular weight is 835 g/mol. The summed E-state index contributed by atoms with van der Waals surface area (Å²) in [6.07, 6.45) is 6.44. The van der Waals surface area contributed by atoms with Gasteiger partial charge < -0.3 is 34.7 Å². The van der Waals surface area contributed by atoms with Gasteiger partial charge in [-0.25, -0.2) is 4.39 Å². The Bertz CT molecular complexity index is 1870. The maximum absolute atomic E-state index is 14.0. The van der Waals surface area contributed by atoms with E-state index in [-0.39, 0.29) is 24.2 Å². The van der Waals surface area contributed by atoms with Crippen LogP contribution in [0.15, 0.2) is 36.4 Å². The van der Waals surface area contributed by atoms with E-state index in [0.29, 0.717) is 137 Å². The molecule has 3 atom stereocenters. The monoisotopic (exact) mass is 834 g/mol. The molecule has 2 fully saturated rings. The van der Waals surface area contributed by atoms with Gasteiger partial charge in [0.15, 0.2) is 17.3 Å². The van der Waals surface area contributed by atoms with Crippen LogP contribution in [0.1, 0.15) is 69.4 Å². The van der Waals surface area contributed by atoms with Crippen molar-refractivity contribution < 1.29 is 38.0 Å². The Labute approximate surface area is 351 Å². The number of aliphatic hydroxyl groups excluding tert-OH is 1. The number of halogens is 1. The molecule has 17 heteroatoms. The standard InChI is InChI=1S/C42H58BFN7O7S/c1-2-57-34-24-28-23-32-40(31(28)26-35(34)58-18-8-17-52)51(50-41(32)47-30-10-7-9-29(44)25-30)16-20-56-22-21-55-19-15-46-38(54)13-5-6-14-45-37(53)12-4-3-11-36-39-33(27-59-36)48-42(43)49-39/h7,9-10,24-26,33,36,39,48-49,52H,2-6,8,11-23,27H2,1H3,(H,45,53)(H,46,54)(H,47,50). The van der Waals surface area contributed by atoms with Crippen LogP contribution < -0.4 is 36.1 Å². The van der Waals surface area contributed by atoms with E-state index in [9.17, 15) is 19.1 Å². The molecule has 3 aliphatic rings. The third kappa shape index (κ3) is 12.8. The molecule has 3 unspecified atom stereocenters. The summed E-state index contributed by atoms with van der Waals surface area (Å²) < 4.78 is 39.4. The molecule has 2 amide bonds. The zero-order valence-corrected chi connectivity index (χ0v) is 34.8. The number of unbranched alkanes of at least 4 members (excludes halogenated alkanes) is 2. The summed E-state index contributed by atoms with van der Waals surface area (Å²) >= 11 is 1.97. The SMILES string of the molecule is [B]=C1NC2CSC(CCCCC(=O)NCCCCC(=O)NCCOCCOCCn3nc(Nc4cccc(F)c4)c4c3-c3cc(OCCCO)c(OCC)cc3C4)C2N1. The van der Waals surface area contributed by atoms with Gasteiger partial charge in [0, 0.05) is 49.2 Å². The van der Waals surface area contributed by atoms with E-state index in [4.69, 9.17) is 31.5 Å². The number of fused-ring (bicyclic) bond motifs is 4. The minimum atomic E-state index is -0.341. The molecular weight excluding hydrogens is 776 g/mol. The van der Waals surface area contributed by atoms with Gasteiger partial charge >= 0.3 is 113 Å². The number of benzene rings is 2. The van der Waals surface area contributed by atoms with Crippen molar-refractivity contribution >= 4 is 48.3 Å². The normalized spacial score (nSPS) is 17.5. The molecule has 14 nitrogen and oxygen atoms in total. The first-order valence-electron chi connectivity index (χ1n) is 20.9. The van der Waals surface area contributed by atoms with Gasteiger partial charge in [-0.05, 0) is 49.2 Å². The molecule has 3 heterocycles. The molecule has 3 aromatic rings. The molecule has 2 aromatic carbocycles. The van der Waals surface area contributed by atoms with Gasteiger partial charge in [0.25, 0.3) is 0 Å². The van der Waals surface area contributed by atoms with Crippen LogP contribution in [-0.4, -0.2) is 122 Å². The fourth-order valence-corrected chi connectivity index (χ4v) is 9.15. The molecule has 6 rings (SSSR count). The van der Waals surface area contributed by atoms with Crippen LogP contribution in [0.5, 0.6) is 11.5 Å². The summed E-state index contributed by atoms with van der Waals surface area (Å²) in [6.45, 7) is 5.74. The van der Waals surface area contributed by atoms with Crippen molar-refractivity contribution in [1.29, 1.82) is 0 Å². The Kier molecular flexibility index (Phi) is 17.2. The Morgan fingerprint density at radius 3 is 2.53 bits per heavy atom. The van der Waals surface area contributed by atoms with Crippen molar-refractivity contribution in [1.82, 2.24) is 31.0 Å². The van der Waals surface area contributed by atoms with Crippen LogP contribution in [0.3, 0.4) is 0 Å². The number of rotatable bonds is 27. The molecule has 0 saturated carbocycles. The van der Waals surface area contributed by atoms with Crippen molar-refractivity contribution in [3.63, 3.8) is 0 Å². The fraction of sp³-hybridized carbons (Fsp3) is 0.571. The second kappa shape index (κ2) is 22.9. The molecular formula is C42H58BFN7O7S.